The Hall–Kier alpha value is -1.63. The van der Waals surface area contributed by atoms with Crippen molar-refractivity contribution in [3.63, 3.8) is 0 Å². The van der Waals surface area contributed by atoms with E-state index in [-0.39, 0.29) is 5.78 Å². The van der Waals surface area contributed by atoms with Crippen LogP contribution in [0.5, 0.6) is 0 Å². The lowest BCUT2D eigenvalue weighted by Gasteiger charge is -2.07. The molecule has 0 saturated heterocycles. The van der Waals surface area contributed by atoms with Crippen LogP contribution in [0.3, 0.4) is 0 Å². The summed E-state index contributed by atoms with van der Waals surface area (Å²) in [4.78, 5) is 11.1. The number of carbonyl (C=O) groups excluding carboxylic acids is 1. The Balaban J connectivity index is 2.09. The molecule has 1 nitrogen and oxygen atoms in total. The van der Waals surface area contributed by atoms with Gasteiger partial charge in [0.25, 0.3) is 0 Å². The third kappa shape index (κ3) is 2.19. The Morgan fingerprint density at radius 1 is 1.14 bits per heavy atom. The fourth-order valence-electron chi connectivity index (χ4n) is 1.61. The molecule has 0 fully saturated rings. The second-order valence-corrected chi connectivity index (χ2v) is 3.49. The average Bonchev–Trinajstić information content (AvgIpc) is 2.19. The minimum atomic E-state index is 0.207. The highest BCUT2D eigenvalue weighted by Gasteiger charge is 2.06. The topological polar surface area (TPSA) is 17.1 Å². The van der Waals surface area contributed by atoms with Gasteiger partial charge in [0.2, 0.25) is 0 Å². The molecule has 0 aromatic heterocycles. The van der Waals surface area contributed by atoms with Crippen LogP contribution in [0.2, 0.25) is 0 Å². The number of benzene rings is 1. The first kappa shape index (κ1) is 8.95. The molecule has 0 N–H and O–H groups in total. The van der Waals surface area contributed by atoms with Gasteiger partial charge in [-0.05, 0) is 18.1 Å². The maximum atomic E-state index is 11.1. The van der Waals surface area contributed by atoms with E-state index in [0.717, 1.165) is 6.42 Å². The standard InChI is InChI=1S/C13H12O/c14-13-8-4-7-12(10-13)9-11-5-2-1-3-6-11/h1-8H,9-10H2. The molecular weight excluding hydrogens is 172 g/mol. The largest absolute Gasteiger partial charge is 0.294 e. The summed E-state index contributed by atoms with van der Waals surface area (Å²) in [6, 6.07) is 10.2. The summed E-state index contributed by atoms with van der Waals surface area (Å²) in [5, 5.41) is 0. The van der Waals surface area contributed by atoms with Crippen LogP contribution >= 0.6 is 0 Å². The minimum Gasteiger partial charge on any atom is -0.294 e. The van der Waals surface area contributed by atoms with E-state index in [9.17, 15) is 4.79 Å². The molecule has 0 amide bonds. The van der Waals surface area contributed by atoms with E-state index < -0.39 is 0 Å². The Bertz CT molecular complexity index is 385. The van der Waals surface area contributed by atoms with Gasteiger partial charge in [-0.3, -0.25) is 4.79 Å². The van der Waals surface area contributed by atoms with Gasteiger partial charge < -0.3 is 0 Å². The number of rotatable bonds is 2. The fraction of sp³-hybridized carbons (Fsp3) is 0.154. The van der Waals surface area contributed by atoms with Gasteiger partial charge in [-0.2, -0.15) is 0 Å². The molecule has 0 radical (unpaired) electrons. The van der Waals surface area contributed by atoms with Gasteiger partial charge >= 0.3 is 0 Å². The Morgan fingerprint density at radius 3 is 2.64 bits per heavy atom. The quantitative estimate of drug-likeness (QED) is 0.690. The van der Waals surface area contributed by atoms with E-state index in [2.05, 4.69) is 12.1 Å². The van der Waals surface area contributed by atoms with E-state index in [0.29, 0.717) is 6.42 Å². The molecule has 1 aromatic carbocycles. The number of hydrogen-bond donors (Lipinski definition) is 0. The zero-order valence-electron chi connectivity index (χ0n) is 7.94. The summed E-state index contributed by atoms with van der Waals surface area (Å²) in [5.74, 6) is 0.207. The Morgan fingerprint density at radius 2 is 1.93 bits per heavy atom. The first-order valence-electron chi connectivity index (χ1n) is 4.77. The normalized spacial score (nSPS) is 15.4. The van der Waals surface area contributed by atoms with Gasteiger partial charge in [-0.25, -0.2) is 0 Å². The third-order valence-electron chi connectivity index (χ3n) is 2.29. The van der Waals surface area contributed by atoms with Gasteiger partial charge in [0, 0.05) is 6.42 Å². The monoisotopic (exact) mass is 184 g/mol. The van der Waals surface area contributed by atoms with Crippen LogP contribution < -0.4 is 0 Å². The first-order chi connectivity index (χ1) is 6.84. The summed E-state index contributed by atoms with van der Waals surface area (Å²) >= 11 is 0. The Labute approximate surface area is 83.8 Å². The molecule has 14 heavy (non-hydrogen) atoms. The number of carbonyl (C=O) groups is 1. The zero-order valence-corrected chi connectivity index (χ0v) is 7.94. The van der Waals surface area contributed by atoms with Crippen LogP contribution in [0, 0.1) is 0 Å². The van der Waals surface area contributed by atoms with Gasteiger partial charge in [0.15, 0.2) is 5.78 Å². The minimum absolute atomic E-state index is 0.207. The highest BCUT2D eigenvalue weighted by Crippen LogP contribution is 2.14. The Kier molecular flexibility index (Phi) is 2.59. The summed E-state index contributed by atoms with van der Waals surface area (Å²) in [5.41, 5.74) is 2.46. The van der Waals surface area contributed by atoms with Crippen LogP contribution in [0.1, 0.15) is 12.0 Å². The SMILES string of the molecule is O=C1C=CC=C(Cc2ccccc2)C1. The van der Waals surface area contributed by atoms with Crippen molar-refractivity contribution in [3.8, 4) is 0 Å². The van der Waals surface area contributed by atoms with Gasteiger partial charge in [0.1, 0.15) is 0 Å². The molecule has 1 aliphatic rings. The highest BCUT2D eigenvalue weighted by atomic mass is 16.1. The second-order valence-electron chi connectivity index (χ2n) is 3.49. The summed E-state index contributed by atoms with van der Waals surface area (Å²) in [6.07, 6.45) is 6.97. The molecule has 0 spiro atoms. The maximum Gasteiger partial charge on any atom is 0.159 e. The molecule has 1 aromatic rings. The van der Waals surface area contributed by atoms with Crippen molar-refractivity contribution >= 4 is 5.78 Å². The third-order valence-corrected chi connectivity index (χ3v) is 2.29. The molecule has 0 aliphatic heterocycles. The summed E-state index contributed by atoms with van der Waals surface area (Å²) in [6.45, 7) is 0. The predicted molar refractivity (Wildman–Crippen MR) is 57.0 cm³/mol. The van der Waals surface area contributed by atoms with Crippen molar-refractivity contribution in [2.75, 3.05) is 0 Å². The lowest BCUT2D eigenvalue weighted by molar-refractivity contribution is -0.114. The van der Waals surface area contributed by atoms with E-state index >= 15 is 0 Å². The smallest absolute Gasteiger partial charge is 0.159 e. The van der Waals surface area contributed by atoms with Crippen molar-refractivity contribution in [1.82, 2.24) is 0 Å². The molecule has 0 saturated carbocycles. The highest BCUT2D eigenvalue weighted by molar-refractivity contribution is 5.93. The molecule has 0 bridgehead atoms. The average molecular weight is 184 g/mol. The van der Waals surface area contributed by atoms with Crippen molar-refractivity contribution in [1.29, 1.82) is 0 Å². The second kappa shape index (κ2) is 4.05. The van der Waals surface area contributed by atoms with Crippen molar-refractivity contribution < 1.29 is 4.79 Å². The first-order valence-corrected chi connectivity index (χ1v) is 4.77. The number of allylic oxidation sites excluding steroid dienone is 4. The summed E-state index contributed by atoms with van der Waals surface area (Å²) < 4.78 is 0. The van der Waals surface area contributed by atoms with Crippen LogP contribution in [0.25, 0.3) is 0 Å². The van der Waals surface area contributed by atoms with Crippen LogP contribution in [-0.4, -0.2) is 5.78 Å². The van der Waals surface area contributed by atoms with Crippen LogP contribution in [0.15, 0.2) is 54.1 Å². The maximum absolute atomic E-state index is 11.1. The van der Waals surface area contributed by atoms with Crippen molar-refractivity contribution in [2.45, 2.75) is 12.8 Å². The molecule has 1 heteroatoms. The fourth-order valence-corrected chi connectivity index (χ4v) is 1.61. The van der Waals surface area contributed by atoms with E-state index in [1.807, 2.05) is 30.4 Å². The molecule has 1 aliphatic carbocycles. The number of ketones is 1. The van der Waals surface area contributed by atoms with Gasteiger partial charge in [0.05, 0.1) is 0 Å². The van der Waals surface area contributed by atoms with E-state index in [4.69, 9.17) is 0 Å². The van der Waals surface area contributed by atoms with E-state index in [1.165, 1.54) is 11.1 Å². The van der Waals surface area contributed by atoms with Crippen molar-refractivity contribution in [3.05, 3.63) is 59.7 Å². The van der Waals surface area contributed by atoms with Crippen LogP contribution in [-0.2, 0) is 11.2 Å². The molecular formula is C13H12O. The van der Waals surface area contributed by atoms with Gasteiger partial charge in [-0.1, -0.05) is 48.1 Å². The zero-order chi connectivity index (χ0) is 9.80. The molecule has 70 valence electrons. The number of hydrogen-bond acceptors (Lipinski definition) is 1. The molecule has 0 unspecified atom stereocenters. The lowest BCUT2D eigenvalue weighted by atomic mass is 9.97. The van der Waals surface area contributed by atoms with Gasteiger partial charge in [-0.15, -0.1) is 0 Å². The lowest BCUT2D eigenvalue weighted by Crippen LogP contribution is -2.01. The molecule has 0 atom stereocenters. The van der Waals surface area contributed by atoms with Crippen LogP contribution in [0.4, 0.5) is 0 Å². The summed E-state index contributed by atoms with van der Waals surface area (Å²) in [7, 11) is 0. The van der Waals surface area contributed by atoms with E-state index in [1.54, 1.807) is 6.08 Å². The molecule has 2 rings (SSSR count). The molecule has 0 heterocycles. The predicted octanol–water partition coefficient (Wildman–Crippen LogP) is 2.68. The van der Waals surface area contributed by atoms with Crippen molar-refractivity contribution in [2.24, 2.45) is 0 Å².